The average molecular weight is 223 g/mol. The van der Waals surface area contributed by atoms with E-state index in [1.165, 1.54) is 0 Å². The van der Waals surface area contributed by atoms with E-state index in [2.05, 4.69) is 15.4 Å². The number of nitrogens with two attached hydrogens (primary N) is 1. The maximum Gasteiger partial charge on any atom is 0.132 e. The molecular formula is C9H13N5S. The van der Waals surface area contributed by atoms with Crippen LogP contribution in [0.5, 0.6) is 0 Å². The second-order valence-electron chi connectivity index (χ2n) is 3.28. The van der Waals surface area contributed by atoms with Gasteiger partial charge in [0, 0.05) is 25.6 Å². The molecule has 0 aliphatic heterocycles. The second kappa shape index (κ2) is 4.09. The Hall–Kier alpha value is -1.24. The van der Waals surface area contributed by atoms with Crippen LogP contribution in [0.15, 0.2) is 18.6 Å². The monoisotopic (exact) mass is 223 g/mol. The van der Waals surface area contributed by atoms with Crippen LogP contribution < -0.4 is 11.3 Å². The molecule has 1 unspecified atom stereocenters. The Bertz CT molecular complexity index is 447. The lowest BCUT2D eigenvalue weighted by Crippen LogP contribution is -2.30. The van der Waals surface area contributed by atoms with Gasteiger partial charge in [-0.1, -0.05) is 0 Å². The van der Waals surface area contributed by atoms with Crippen molar-refractivity contribution in [3.05, 3.63) is 34.3 Å². The summed E-state index contributed by atoms with van der Waals surface area (Å²) in [7, 11) is 1.95. The van der Waals surface area contributed by atoms with Gasteiger partial charge in [0.05, 0.1) is 9.88 Å². The lowest BCUT2D eigenvalue weighted by molar-refractivity contribution is 0.587. The van der Waals surface area contributed by atoms with Gasteiger partial charge in [-0.05, 0) is 6.92 Å². The van der Waals surface area contributed by atoms with Crippen molar-refractivity contribution in [2.24, 2.45) is 12.9 Å². The topological polar surface area (TPSA) is 68.8 Å². The first kappa shape index (κ1) is 10.3. The molecule has 1 atom stereocenters. The Kier molecular flexibility index (Phi) is 2.81. The lowest BCUT2D eigenvalue weighted by Gasteiger charge is -2.13. The van der Waals surface area contributed by atoms with Gasteiger partial charge in [0.2, 0.25) is 0 Å². The molecule has 0 bridgehead atoms. The fraction of sp³-hybridized carbons (Fsp3) is 0.333. The zero-order valence-electron chi connectivity index (χ0n) is 8.64. The van der Waals surface area contributed by atoms with E-state index < -0.39 is 0 Å². The quantitative estimate of drug-likeness (QED) is 0.595. The lowest BCUT2D eigenvalue weighted by atomic mass is 10.2. The van der Waals surface area contributed by atoms with E-state index >= 15 is 0 Å². The molecule has 0 spiro atoms. The van der Waals surface area contributed by atoms with Crippen LogP contribution in [0.4, 0.5) is 0 Å². The Morgan fingerprint density at radius 3 is 2.80 bits per heavy atom. The maximum absolute atomic E-state index is 5.55. The molecule has 0 fully saturated rings. The highest BCUT2D eigenvalue weighted by atomic mass is 32.1. The smallest absolute Gasteiger partial charge is 0.132 e. The van der Waals surface area contributed by atoms with Crippen molar-refractivity contribution >= 4 is 11.3 Å². The largest absolute Gasteiger partial charge is 0.336 e. The summed E-state index contributed by atoms with van der Waals surface area (Å²) in [4.78, 5) is 9.56. The number of nitrogens with one attached hydrogen (secondary N) is 1. The molecule has 15 heavy (non-hydrogen) atoms. The molecule has 0 aromatic carbocycles. The predicted molar refractivity (Wildman–Crippen MR) is 59.2 cm³/mol. The summed E-state index contributed by atoms with van der Waals surface area (Å²) in [5.74, 6) is 6.44. The fourth-order valence-electron chi connectivity index (χ4n) is 1.45. The van der Waals surface area contributed by atoms with Gasteiger partial charge >= 0.3 is 0 Å². The fourth-order valence-corrected chi connectivity index (χ4v) is 2.29. The summed E-state index contributed by atoms with van der Waals surface area (Å²) in [6, 6.07) is -0.0869. The Labute approximate surface area is 91.9 Å². The van der Waals surface area contributed by atoms with Gasteiger partial charge in [-0.3, -0.25) is 5.84 Å². The van der Waals surface area contributed by atoms with Crippen molar-refractivity contribution in [1.82, 2.24) is 20.0 Å². The van der Waals surface area contributed by atoms with Gasteiger partial charge < -0.3 is 4.57 Å². The van der Waals surface area contributed by atoms with E-state index in [0.717, 1.165) is 15.7 Å². The number of hydrogen-bond donors (Lipinski definition) is 2. The molecule has 2 aromatic heterocycles. The van der Waals surface area contributed by atoms with Crippen LogP contribution in [0.25, 0.3) is 0 Å². The first-order valence-electron chi connectivity index (χ1n) is 4.58. The van der Waals surface area contributed by atoms with E-state index in [9.17, 15) is 0 Å². The molecule has 0 saturated heterocycles. The van der Waals surface area contributed by atoms with Crippen LogP contribution in [0.2, 0.25) is 0 Å². The minimum absolute atomic E-state index is 0.0869. The molecule has 0 aliphatic carbocycles. The molecule has 3 N–H and O–H groups in total. The van der Waals surface area contributed by atoms with Gasteiger partial charge in [0.1, 0.15) is 11.9 Å². The van der Waals surface area contributed by atoms with Crippen LogP contribution in [-0.2, 0) is 7.05 Å². The predicted octanol–water partition coefficient (Wildman–Crippen LogP) is 0.738. The highest BCUT2D eigenvalue weighted by Crippen LogP contribution is 2.24. The number of nitrogens with zero attached hydrogens (tertiary/aromatic N) is 3. The first-order chi connectivity index (χ1) is 7.22. The normalized spacial score (nSPS) is 13.0. The first-order valence-corrected chi connectivity index (χ1v) is 5.39. The van der Waals surface area contributed by atoms with Crippen LogP contribution in [0.1, 0.15) is 21.8 Å². The van der Waals surface area contributed by atoms with E-state index in [0.29, 0.717) is 0 Å². The molecule has 5 nitrogen and oxygen atoms in total. The maximum atomic E-state index is 5.55. The number of aryl methyl sites for hydroxylation is 2. The van der Waals surface area contributed by atoms with Gasteiger partial charge in [-0.15, -0.1) is 11.3 Å². The number of imidazole rings is 1. The molecular weight excluding hydrogens is 210 g/mol. The molecule has 80 valence electrons. The van der Waals surface area contributed by atoms with Crippen LogP contribution in [0, 0.1) is 6.92 Å². The standard InChI is InChI=1S/C9H13N5S/c1-6-12-5-7(15-6)8(13-10)9-11-3-4-14(9)2/h3-5,8,13H,10H2,1-2H3. The molecule has 2 heterocycles. The van der Waals surface area contributed by atoms with Crippen molar-refractivity contribution in [2.45, 2.75) is 13.0 Å². The highest BCUT2D eigenvalue weighted by molar-refractivity contribution is 7.11. The zero-order chi connectivity index (χ0) is 10.8. The Balaban J connectivity index is 2.36. The molecule has 0 saturated carbocycles. The summed E-state index contributed by atoms with van der Waals surface area (Å²) in [6.45, 7) is 1.97. The van der Waals surface area contributed by atoms with Gasteiger partial charge in [0.15, 0.2) is 0 Å². The minimum atomic E-state index is -0.0869. The highest BCUT2D eigenvalue weighted by Gasteiger charge is 2.18. The van der Waals surface area contributed by atoms with Gasteiger partial charge in [0.25, 0.3) is 0 Å². The van der Waals surface area contributed by atoms with Gasteiger partial charge in [-0.25, -0.2) is 15.4 Å². The van der Waals surface area contributed by atoms with Crippen molar-refractivity contribution in [3.63, 3.8) is 0 Å². The third kappa shape index (κ3) is 1.92. The van der Waals surface area contributed by atoms with Crippen molar-refractivity contribution in [2.75, 3.05) is 0 Å². The number of rotatable bonds is 3. The molecule has 2 rings (SSSR count). The molecule has 0 radical (unpaired) electrons. The summed E-state index contributed by atoms with van der Waals surface area (Å²) >= 11 is 1.62. The number of hydrazine groups is 1. The summed E-state index contributed by atoms with van der Waals surface area (Å²) in [5, 5.41) is 1.03. The van der Waals surface area contributed by atoms with Crippen LogP contribution in [-0.4, -0.2) is 14.5 Å². The molecule has 6 heteroatoms. The van der Waals surface area contributed by atoms with Crippen molar-refractivity contribution in [1.29, 1.82) is 0 Å². The van der Waals surface area contributed by atoms with Crippen molar-refractivity contribution in [3.8, 4) is 0 Å². The molecule has 2 aromatic rings. The Morgan fingerprint density at radius 1 is 1.53 bits per heavy atom. The van der Waals surface area contributed by atoms with E-state index in [4.69, 9.17) is 5.84 Å². The van der Waals surface area contributed by atoms with E-state index in [1.807, 2.05) is 30.9 Å². The zero-order valence-corrected chi connectivity index (χ0v) is 9.45. The van der Waals surface area contributed by atoms with Gasteiger partial charge in [-0.2, -0.15) is 0 Å². The SMILES string of the molecule is Cc1ncc(C(NN)c2nccn2C)s1. The summed E-state index contributed by atoms with van der Waals surface area (Å²) in [5.41, 5.74) is 2.76. The van der Waals surface area contributed by atoms with Crippen LogP contribution in [0.3, 0.4) is 0 Å². The summed E-state index contributed by atoms with van der Waals surface area (Å²) in [6.07, 6.45) is 5.49. The number of aromatic nitrogens is 3. The van der Waals surface area contributed by atoms with E-state index in [-0.39, 0.29) is 6.04 Å². The minimum Gasteiger partial charge on any atom is -0.336 e. The van der Waals surface area contributed by atoms with Crippen LogP contribution >= 0.6 is 11.3 Å². The Morgan fingerprint density at radius 2 is 2.33 bits per heavy atom. The van der Waals surface area contributed by atoms with E-state index in [1.54, 1.807) is 17.5 Å². The third-order valence-corrected chi connectivity index (χ3v) is 3.18. The number of hydrogen-bond acceptors (Lipinski definition) is 5. The average Bonchev–Trinajstić information content (AvgIpc) is 2.79. The summed E-state index contributed by atoms with van der Waals surface area (Å²) < 4.78 is 1.94. The second-order valence-corrected chi connectivity index (χ2v) is 4.54. The third-order valence-electron chi connectivity index (χ3n) is 2.21. The number of thiazole rings is 1. The molecule has 0 amide bonds. The molecule has 0 aliphatic rings. The van der Waals surface area contributed by atoms with Crippen molar-refractivity contribution < 1.29 is 0 Å².